The molecule has 1 aliphatic rings. The summed E-state index contributed by atoms with van der Waals surface area (Å²) in [6.07, 6.45) is 0. The molecular formula is C19H21N3O2. The third kappa shape index (κ3) is 4.50. The van der Waals surface area contributed by atoms with Crippen molar-refractivity contribution < 1.29 is 9.53 Å². The van der Waals surface area contributed by atoms with Crippen molar-refractivity contribution in [3.63, 3.8) is 0 Å². The van der Waals surface area contributed by atoms with Crippen molar-refractivity contribution in [2.75, 3.05) is 38.3 Å². The molecule has 0 aromatic heterocycles. The lowest BCUT2D eigenvalue weighted by Gasteiger charge is -2.26. The van der Waals surface area contributed by atoms with Crippen molar-refractivity contribution in [3.05, 3.63) is 66.2 Å². The van der Waals surface area contributed by atoms with E-state index in [4.69, 9.17) is 4.74 Å². The van der Waals surface area contributed by atoms with Gasteiger partial charge in [0, 0.05) is 25.2 Å². The molecule has 2 aromatic carbocycles. The molecule has 1 N–H and O–H groups in total. The first-order chi connectivity index (χ1) is 11.8. The van der Waals surface area contributed by atoms with Gasteiger partial charge in [0.25, 0.3) is 0 Å². The highest BCUT2D eigenvalue weighted by Gasteiger charge is 2.19. The molecule has 1 heterocycles. The summed E-state index contributed by atoms with van der Waals surface area (Å²) in [4.78, 5) is 15.0. The number of benzene rings is 2. The Morgan fingerprint density at radius 3 is 2.29 bits per heavy atom. The molecule has 5 nitrogen and oxygen atoms in total. The van der Waals surface area contributed by atoms with Crippen molar-refractivity contribution in [1.29, 1.82) is 0 Å². The van der Waals surface area contributed by atoms with Crippen LogP contribution >= 0.6 is 0 Å². The zero-order chi connectivity index (χ0) is 16.6. The van der Waals surface area contributed by atoms with Crippen LogP contribution in [-0.4, -0.2) is 49.2 Å². The van der Waals surface area contributed by atoms with Crippen LogP contribution in [0.1, 0.15) is 10.4 Å². The number of hydrogen-bond acceptors (Lipinski definition) is 5. The van der Waals surface area contributed by atoms with E-state index < -0.39 is 0 Å². The first-order valence-electron chi connectivity index (χ1n) is 8.10. The number of hydrazone groups is 1. The summed E-state index contributed by atoms with van der Waals surface area (Å²) in [7, 11) is 0. The van der Waals surface area contributed by atoms with Crippen LogP contribution in [0, 0.1) is 0 Å². The molecule has 124 valence electrons. The molecule has 0 saturated carbocycles. The summed E-state index contributed by atoms with van der Waals surface area (Å²) in [5.74, 6) is -0.0504. The zero-order valence-electron chi connectivity index (χ0n) is 13.5. The molecule has 0 atom stereocenters. The summed E-state index contributed by atoms with van der Waals surface area (Å²) in [5.41, 5.74) is 5.01. The summed E-state index contributed by atoms with van der Waals surface area (Å²) in [6.45, 7) is 3.52. The van der Waals surface area contributed by atoms with E-state index in [0.29, 0.717) is 31.0 Å². The van der Waals surface area contributed by atoms with Gasteiger partial charge in [0.05, 0.1) is 18.9 Å². The molecule has 1 aliphatic heterocycles. The standard InChI is InChI=1S/C19H21N3O2/c23-19(16-7-3-1-4-8-16)18(15-22-11-13-24-14-12-22)21-20-17-9-5-2-6-10-17/h1-10,20H,11-15H2/b21-18-. The summed E-state index contributed by atoms with van der Waals surface area (Å²) < 4.78 is 5.37. The van der Waals surface area contributed by atoms with Gasteiger partial charge in [-0.25, -0.2) is 0 Å². The lowest BCUT2D eigenvalue weighted by atomic mass is 10.1. The van der Waals surface area contributed by atoms with Crippen LogP contribution in [0.4, 0.5) is 5.69 Å². The van der Waals surface area contributed by atoms with Crippen LogP contribution in [0.25, 0.3) is 0 Å². The second-order valence-corrected chi connectivity index (χ2v) is 5.62. The van der Waals surface area contributed by atoms with Gasteiger partial charge in [-0.2, -0.15) is 5.10 Å². The smallest absolute Gasteiger partial charge is 0.210 e. The molecule has 1 saturated heterocycles. The fourth-order valence-electron chi connectivity index (χ4n) is 2.53. The van der Waals surface area contributed by atoms with Crippen LogP contribution in [0.3, 0.4) is 0 Å². The number of anilines is 1. The molecule has 0 bridgehead atoms. The molecule has 0 spiro atoms. The highest BCUT2D eigenvalue weighted by atomic mass is 16.5. The van der Waals surface area contributed by atoms with Crippen molar-refractivity contribution in [3.8, 4) is 0 Å². The number of ketones is 1. The van der Waals surface area contributed by atoms with Gasteiger partial charge in [-0.05, 0) is 12.1 Å². The molecule has 24 heavy (non-hydrogen) atoms. The Labute approximate surface area is 141 Å². The van der Waals surface area contributed by atoms with E-state index in [-0.39, 0.29) is 5.78 Å². The maximum Gasteiger partial charge on any atom is 0.210 e. The second-order valence-electron chi connectivity index (χ2n) is 5.62. The number of ether oxygens (including phenoxy) is 1. The first-order valence-corrected chi connectivity index (χ1v) is 8.10. The van der Waals surface area contributed by atoms with Crippen LogP contribution in [0.2, 0.25) is 0 Å². The quantitative estimate of drug-likeness (QED) is 0.504. The maximum absolute atomic E-state index is 12.8. The predicted molar refractivity (Wildman–Crippen MR) is 95.5 cm³/mol. The van der Waals surface area contributed by atoms with E-state index in [0.717, 1.165) is 18.8 Å². The van der Waals surface area contributed by atoms with E-state index in [1.807, 2.05) is 60.7 Å². The average molecular weight is 323 g/mol. The van der Waals surface area contributed by atoms with Crippen molar-refractivity contribution in [2.45, 2.75) is 0 Å². The van der Waals surface area contributed by atoms with Crippen LogP contribution in [0.15, 0.2) is 65.8 Å². The van der Waals surface area contributed by atoms with Crippen LogP contribution < -0.4 is 5.43 Å². The van der Waals surface area contributed by atoms with Gasteiger partial charge in [0.2, 0.25) is 5.78 Å². The van der Waals surface area contributed by atoms with Crippen molar-refractivity contribution in [2.24, 2.45) is 5.10 Å². The predicted octanol–water partition coefficient (Wildman–Crippen LogP) is 2.67. The largest absolute Gasteiger partial charge is 0.379 e. The highest BCUT2D eigenvalue weighted by Crippen LogP contribution is 2.08. The number of rotatable bonds is 6. The molecule has 3 rings (SSSR count). The normalized spacial score (nSPS) is 15.9. The number of morpholine rings is 1. The number of hydrogen-bond donors (Lipinski definition) is 1. The second kappa shape index (κ2) is 8.38. The molecule has 0 radical (unpaired) electrons. The van der Waals surface area contributed by atoms with E-state index in [1.54, 1.807) is 0 Å². The Hall–Kier alpha value is -2.50. The Morgan fingerprint density at radius 1 is 1.00 bits per heavy atom. The topological polar surface area (TPSA) is 53.9 Å². The zero-order valence-corrected chi connectivity index (χ0v) is 13.5. The Balaban J connectivity index is 1.78. The lowest BCUT2D eigenvalue weighted by molar-refractivity contribution is 0.0450. The van der Waals surface area contributed by atoms with E-state index in [2.05, 4.69) is 15.4 Å². The maximum atomic E-state index is 12.8. The van der Waals surface area contributed by atoms with Crippen molar-refractivity contribution in [1.82, 2.24) is 4.90 Å². The summed E-state index contributed by atoms with van der Waals surface area (Å²) in [6, 6.07) is 18.9. The van der Waals surface area contributed by atoms with Gasteiger partial charge in [-0.1, -0.05) is 48.5 Å². The highest BCUT2D eigenvalue weighted by molar-refractivity contribution is 6.46. The fourth-order valence-corrected chi connectivity index (χ4v) is 2.53. The molecule has 5 heteroatoms. The Bertz CT molecular complexity index is 680. The van der Waals surface area contributed by atoms with Gasteiger partial charge in [-0.15, -0.1) is 0 Å². The minimum absolute atomic E-state index is 0.0504. The number of nitrogens with zero attached hydrogens (tertiary/aromatic N) is 2. The SMILES string of the molecule is O=C(/C(CN1CCOCC1)=N\Nc1ccccc1)c1ccccc1. The van der Waals surface area contributed by atoms with Gasteiger partial charge in [0.15, 0.2) is 0 Å². The van der Waals surface area contributed by atoms with E-state index >= 15 is 0 Å². The monoisotopic (exact) mass is 323 g/mol. The Morgan fingerprint density at radius 2 is 1.62 bits per heavy atom. The minimum atomic E-state index is -0.0504. The van der Waals surface area contributed by atoms with E-state index in [9.17, 15) is 4.79 Å². The van der Waals surface area contributed by atoms with Crippen LogP contribution in [-0.2, 0) is 4.74 Å². The van der Waals surface area contributed by atoms with Crippen LogP contribution in [0.5, 0.6) is 0 Å². The van der Waals surface area contributed by atoms with Gasteiger partial charge >= 0.3 is 0 Å². The number of carbonyl (C=O) groups is 1. The van der Waals surface area contributed by atoms with Gasteiger partial charge in [-0.3, -0.25) is 15.1 Å². The van der Waals surface area contributed by atoms with Crippen molar-refractivity contribution >= 4 is 17.2 Å². The third-order valence-electron chi connectivity index (χ3n) is 3.87. The number of para-hydroxylation sites is 1. The molecule has 1 fully saturated rings. The number of Topliss-reactive ketones (excluding diaryl/α,β-unsaturated/α-hetero) is 1. The lowest BCUT2D eigenvalue weighted by Crippen LogP contribution is -2.41. The summed E-state index contributed by atoms with van der Waals surface area (Å²) in [5, 5.41) is 4.40. The summed E-state index contributed by atoms with van der Waals surface area (Å²) >= 11 is 0. The fraction of sp³-hybridized carbons (Fsp3) is 0.263. The van der Waals surface area contributed by atoms with Gasteiger partial charge < -0.3 is 4.74 Å². The molecular weight excluding hydrogens is 302 g/mol. The number of carbonyl (C=O) groups excluding carboxylic acids is 1. The molecule has 0 aliphatic carbocycles. The number of nitrogens with one attached hydrogen (secondary N) is 1. The third-order valence-corrected chi connectivity index (χ3v) is 3.87. The Kier molecular flexibility index (Phi) is 5.71. The first kappa shape index (κ1) is 16.4. The molecule has 0 amide bonds. The molecule has 2 aromatic rings. The average Bonchev–Trinajstić information content (AvgIpc) is 2.67. The molecule has 0 unspecified atom stereocenters. The minimum Gasteiger partial charge on any atom is -0.379 e. The van der Waals surface area contributed by atoms with E-state index in [1.165, 1.54) is 0 Å². The van der Waals surface area contributed by atoms with Gasteiger partial charge in [0.1, 0.15) is 5.71 Å².